The Labute approximate surface area is 453 Å². The van der Waals surface area contributed by atoms with Gasteiger partial charge in [-0.25, -0.2) is 0 Å². The second-order valence-electron chi connectivity index (χ2n) is 20.5. The molecular weight excluding hydrogens is 1100 g/mol. The lowest BCUT2D eigenvalue weighted by atomic mass is 9.95. The first-order valence-electron chi connectivity index (χ1n) is 25.9. The Morgan fingerprint density at radius 3 is 0.562 bits per heavy atom. The fourth-order valence-corrected chi connectivity index (χ4v) is 10.8. The van der Waals surface area contributed by atoms with Crippen molar-refractivity contribution in [2.24, 2.45) is 5.73 Å². The molecule has 0 aliphatic carbocycles. The van der Waals surface area contributed by atoms with Gasteiger partial charge in [0.25, 0.3) is 0 Å². The zero-order valence-electron chi connectivity index (χ0n) is 42.3. The molecule has 21 aliphatic heterocycles. The summed E-state index contributed by atoms with van der Waals surface area (Å²) in [4.78, 5) is 0. The van der Waals surface area contributed by atoms with E-state index >= 15 is 0 Å². The highest BCUT2D eigenvalue weighted by Crippen LogP contribution is 2.39. The van der Waals surface area contributed by atoms with Crippen molar-refractivity contribution >= 4 is 0 Å². The molecule has 21 heterocycles. The molecule has 0 radical (unpaired) electrons. The molecule has 23 N–H and O–H groups in total. The second kappa shape index (κ2) is 27.9. The van der Waals surface area contributed by atoms with Crippen LogP contribution in [-0.4, -0.2) is 376 Å². The number of nitrogens with two attached hydrogens (primary N) is 1. The van der Waals surface area contributed by atoms with Crippen LogP contribution >= 0.6 is 0 Å². The number of rotatable bonds is 10. The number of hydrogen-bond donors (Lipinski definition) is 22. The Morgan fingerprint density at radius 1 is 0.237 bits per heavy atom. The van der Waals surface area contributed by atoms with Crippen molar-refractivity contribution in [1.29, 1.82) is 0 Å². The molecule has 0 saturated carbocycles. The summed E-state index contributed by atoms with van der Waals surface area (Å²) >= 11 is 0. The number of nitrogens with one attached hydrogen (secondary N) is 1. The summed E-state index contributed by atoms with van der Waals surface area (Å²) < 4.78 is 80.7. The van der Waals surface area contributed by atoms with Crippen LogP contribution in [0.2, 0.25) is 0 Å². The first-order valence-corrected chi connectivity index (χ1v) is 25.9. The molecule has 0 spiro atoms. The SMILES string of the molecule is NCCNC[C@H]1O[C@@H]2O[C@H]3[C@H](O)[C@@H](O)[C@@H](O[C@H]4[C@H](O)[C@@H](O)[C@@H](O[C@H]5[C@H](O)[C@@H](O)[C@@H](O[C@H]6[C@H](O)[C@@H](O)[C@@H](O[C@H]7[C@H](O)[C@@H](O)[C@@H](O[C@H]8[C@H](O)[C@@H](O)[C@@H](O[C@H]1[C@H](O)[C@H]2O)O[C@@H]8CO)O[C@@H]7CO)O[C@@H]6CO)O[C@@H]5CO)O[C@@H]4CO)O[C@@H]3CO. The van der Waals surface area contributed by atoms with Crippen LogP contribution in [0.3, 0.4) is 0 Å². The van der Waals surface area contributed by atoms with Gasteiger partial charge >= 0.3 is 0 Å². The molecule has 80 heavy (non-hydrogen) atoms. The summed E-state index contributed by atoms with van der Waals surface area (Å²) in [7, 11) is 0. The summed E-state index contributed by atoms with van der Waals surface area (Å²) in [6.45, 7) is -6.27. The van der Waals surface area contributed by atoms with Crippen LogP contribution in [-0.2, 0) is 66.3 Å². The monoisotopic (exact) mass is 1180 g/mol. The van der Waals surface area contributed by atoms with Gasteiger partial charge in [-0.15, -0.1) is 0 Å². The maximum atomic E-state index is 11.6. The van der Waals surface area contributed by atoms with Crippen LogP contribution in [0.25, 0.3) is 0 Å². The number of aliphatic hydroxyl groups is 20. The second-order valence-corrected chi connectivity index (χ2v) is 20.5. The van der Waals surface area contributed by atoms with E-state index in [1.807, 2.05) is 0 Å². The Kier molecular flexibility index (Phi) is 22.5. The third-order valence-electron chi connectivity index (χ3n) is 15.3. The molecule has 21 rings (SSSR count). The molecule has 21 fully saturated rings. The lowest BCUT2D eigenvalue weighted by Crippen LogP contribution is -2.68. The molecule has 21 saturated heterocycles. The Morgan fingerprint density at radius 2 is 0.400 bits per heavy atom. The summed E-state index contributed by atoms with van der Waals surface area (Å²) in [5.41, 5.74) is 5.66. The van der Waals surface area contributed by atoms with Gasteiger partial charge in [0.1, 0.15) is 171 Å². The van der Waals surface area contributed by atoms with E-state index in [4.69, 9.17) is 72.0 Å². The van der Waals surface area contributed by atoms with Gasteiger partial charge in [0.05, 0.1) is 39.6 Å². The number of ether oxygens (including phenoxy) is 14. The molecule has 0 aromatic heterocycles. The molecule has 0 aromatic rings. The minimum absolute atomic E-state index is 0.0733. The predicted molar refractivity (Wildman–Crippen MR) is 243 cm³/mol. The Bertz CT molecular complexity index is 1880. The van der Waals surface area contributed by atoms with Crippen molar-refractivity contribution in [3.8, 4) is 0 Å². The average Bonchev–Trinajstić information content (AvgIpc) is 3.50. The van der Waals surface area contributed by atoms with E-state index in [0.29, 0.717) is 0 Å². The van der Waals surface area contributed by atoms with E-state index in [1.165, 1.54) is 0 Å². The average molecular weight is 1180 g/mol. The third-order valence-corrected chi connectivity index (χ3v) is 15.3. The van der Waals surface area contributed by atoms with Crippen LogP contribution in [0.1, 0.15) is 0 Å². The zero-order valence-corrected chi connectivity index (χ0v) is 42.3. The van der Waals surface area contributed by atoms with Crippen LogP contribution in [0.5, 0.6) is 0 Å². The standard InChI is InChI=1S/C44H76N2O34/c45-1-2-46-3-10-31-17(53)24(60)38(67-10)75-32-11(4-47)69-40(26(62)19(32)55)77-34-13(6-49)71-42(28(64)21(34)57)79-36-15(8-51)73-44(30(66)23(36)59)80-37-16(9-52)72-43(29(65)22(37)58)78-35-14(7-50)70-41(27(63)20(35)56)76-33-12(5-48)68-39(74-31)25(61)18(33)54/h10-44,46-66H,1-9,45H2/t10-,11-,12-,13-,14-,15-,16-,17-,18-,19-,20-,21-,22-,23-,24-,25-,26-,27-,28-,29-,30-,31-,32-,33-,34-,35-,36-,37-,38-,39-,40-,41-,42-,43-,44-/m1/s1. The van der Waals surface area contributed by atoms with Gasteiger partial charge in [-0.3, -0.25) is 0 Å². The summed E-state index contributed by atoms with van der Waals surface area (Å²) in [5.74, 6) is 0. The molecule has 35 atom stereocenters. The normalized spacial score (nSPS) is 53.7. The molecule has 36 heteroatoms. The highest BCUT2D eigenvalue weighted by Gasteiger charge is 2.59. The molecule has 0 unspecified atom stereocenters. The van der Waals surface area contributed by atoms with Crippen molar-refractivity contribution in [2.45, 2.75) is 215 Å². The van der Waals surface area contributed by atoms with E-state index in [9.17, 15) is 102 Å². The van der Waals surface area contributed by atoms with Crippen molar-refractivity contribution in [3.63, 3.8) is 0 Å². The smallest absolute Gasteiger partial charge is 0.187 e. The van der Waals surface area contributed by atoms with Crippen LogP contribution < -0.4 is 11.1 Å². The number of aliphatic hydroxyl groups excluding tert-OH is 20. The summed E-state index contributed by atoms with van der Waals surface area (Å²) in [6.07, 6.45) is -69.1. The molecule has 0 aromatic carbocycles. The van der Waals surface area contributed by atoms with Crippen molar-refractivity contribution in [3.05, 3.63) is 0 Å². The van der Waals surface area contributed by atoms with Crippen LogP contribution in [0.4, 0.5) is 0 Å². The van der Waals surface area contributed by atoms with Crippen LogP contribution in [0, 0.1) is 0 Å². The minimum atomic E-state index is -2.20. The van der Waals surface area contributed by atoms with E-state index in [1.54, 1.807) is 0 Å². The van der Waals surface area contributed by atoms with Crippen molar-refractivity contribution in [2.75, 3.05) is 59.3 Å². The molecule has 466 valence electrons. The number of hydrogen-bond acceptors (Lipinski definition) is 36. The van der Waals surface area contributed by atoms with Gasteiger partial charge in [-0.2, -0.15) is 0 Å². The molecular formula is C44H76N2O34. The van der Waals surface area contributed by atoms with Gasteiger partial charge in [0, 0.05) is 19.6 Å². The quantitative estimate of drug-likeness (QED) is 0.0903. The van der Waals surface area contributed by atoms with Gasteiger partial charge in [-0.05, 0) is 0 Å². The highest BCUT2D eigenvalue weighted by molar-refractivity contribution is 5.02. The van der Waals surface area contributed by atoms with E-state index in [2.05, 4.69) is 5.32 Å². The van der Waals surface area contributed by atoms with E-state index in [-0.39, 0.29) is 19.6 Å². The van der Waals surface area contributed by atoms with Gasteiger partial charge in [0.15, 0.2) is 44.0 Å². The van der Waals surface area contributed by atoms with Gasteiger partial charge in [0.2, 0.25) is 0 Å². The van der Waals surface area contributed by atoms with Crippen LogP contribution in [0.15, 0.2) is 0 Å². The Hall–Kier alpha value is -1.44. The fourth-order valence-electron chi connectivity index (χ4n) is 10.8. The fraction of sp³-hybridized carbons (Fsp3) is 1.00. The largest absolute Gasteiger partial charge is 0.394 e. The van der Waals surface area contributed by atoms with E-state index < -0.39 is 255 Å². The maximum absolute atomic E-state index is 11.6. The lowest BCUT2D eigenvalue weighted by Gasteiger charge is -2.50. The first kappa shape index (κ1) is 64.6. The lowest BCUT2D eigenvalue weighted by molar-refractivity contribution is -0.396. The maximum Gasteiger partial charge on any atom is 0.187 e. The topological polar surface area (TPSA) is 572 Å². The summed E-state index contributed by atoms with van der Waals surface area (Å²) in [5, 5.41) is 225. The summed E-state index contributed by atoms with van der Waals surface area (Å²) in [6, 6.07) is 0. The van der Waals surface area contributed by atoms with Gasteiger partial charge < -0.3 is 179 Å². The molecule has 36 nitrogen and oxygen atoms in total. The Balaban J connectivity index is 1.09. The predicted octanol–water partition coefficient (Wildman–Crippen LogP) is -15.7. The molecule has 21 aliphatic rings. The third kappa shape index (κ3) is 13.0. The molecule has 0 amide bonds. The highest BCUT2D eigenvalue weighted by atomic mass is 16.8. The first-order chi connectivity index (χ1) is 38.2. The zero-order chi connectivity index (χ0) is 58.2. The minimum Gasteiger partial charge on any atom is -0.394 e. The van der Waals surface area contributed by atoms with E-state index in [0.717, 1.165) is 0 Å². The molecule has 14 bridgehead atoms. The van der Waals surface area contributed by atoms with Gasteiger partial charge in [-0.1, -0.05) is 0 Å². The van der Waals surface area contributed by atoms with Crippen molar-refractivity contribution in [1.82, 2.24) is 5.32 Å². The van der Waals surface area contributed by atoms with Crippen molar-refractivity contribution < 1.29 is 168 Å².